The minimum Gasteiger partial charge on any atom is -0.363 e. The van der Waals surface area contributed by atoms with Crippen molar-refractivity contribution in [1.82, 2.24) is 9.78 Å². The Hall–Kier alpha value is -1.59. The molecule has 0 unspecified atom stereocenters. The van der Waals surface area contributed by atoms with E-state index < -0.39 is 4.92 Å². The molecule has 0 saturated heterocycles. The molecule has 1 aromatic rings. The molecule has 0 radical (unpaired) electrons. The number of nitrogens with one attached hydrogen (secondary N) is 1. The number of nitrogens with zero attached hydrogens (tertiary/aromatic N) is 3. The number of rotatable bonds is 4. The number of hydrogen-bond acceptors (Lipinski definition) is 4. The van der Waals surface area contributed by atoms with E-state index in [1.807, 2.05) is 0 Å². The number of aromatic nitrogens is 2. The molecule has 2 rings (SSSR count). The fourth-order valence-corrected chi connectivity index (χ4v) is 2.51. The molecule has 0 atom stereocenters. The molecule has 1 fully saturated rings. The summed E-state index contributed by atoms with van der Waals surface area (Å²) in [5.41, 5.74) is 0.0571. The molecule has 1 saturated carbocycles. The van der Waals surface area contributed by atoms with Crippen LogP contribution in [0.1, 0.15) is 32.6 Å². The SMILES string of the molecule is CC1CCC(CNc2nn(C)cc2[N+](=O)[O-])CC1. The maximum atomic E-state index is 10.8. The Bertz CT molecular complexity index is 422. The lowest BCUT2D eigenvalue weighted by Gasteiger charge is -2.26. The van der Waals surface area contributed by atoms with Gasteiger partial charge in [0.2, 0.25) is 5.82 Å². The predicted molar refractivity (Wildman–Crippen MR) is 69.5 cm³/mol. The molecule has 1 aromatic heterocycles. The Morgan fingerprint density at radius 3 is 2.78 bits per heavy atom. The maximum absolute atomic E-state index is 10.8. The molecule has 1 N–H and O–H groups in total. The summed E-state index contributed by atoms with van der Waals surface area (Å²) in [5.74, 6) is 1.83. The van der Waals surface area contributed by atoms with Crippen LogP contribution in [0.15, 0.2) is 6.20 Å². The van der Waals surface area contributed by atoms with Gasteiger partial charge in [-0.15, -0.1) is 5.10 Å². The minimum atomic E-state index is -0.391. The normalized spacial score (nSPS) is 23.9. The van der Waals surface area contributed by atoms with Gasteiger partial charge in [-0.25, -0.2) is 0 Å². The maximum Gasteiger partial charge on any atom is 0.330 e. The summed E-state index contributed by atoms with van der Waals surface area (Å²) in [5, 5.41) is 18.1. The van der Waals surface area contributed by atoms with Crippen LogP contribution in [-0.4, -0.2) is 21.2 Å². The van der Waals surface area contributed by atoms with Crippen molar-refractivity contribution < 1.29 is 4.92 Å². The van der Waals surface area contributed by atoms with Crippen molar-refractivity contribution in [1.29, 1.82) is 0 Å². The van der Waals surface area contributed by atoms with Gasteiger partial charge in [-0.05, 0) is 24.7 Å². The zero-order chi connectivity index (χ0) is 13.1. The lowest BCUT2D eigenvalue weighted by Crippen LogP contribution is -2.20. The average molecular weight is 252 g/mol. The van der Waals surface area contributed by atoms with E-state index in [4.69, 9.17) is 0 Å². The predicted octanol–water partition coefficient (Wildman–Crippen LogP) is 2.57. The van der Waals surface area contributed by atoms with Gasteiger partial charge in [-0.2, -0.15) is 0 Å². The molecule has 0 aromatic carbocycles. The summed E-state index contributed by atoms with van der Waals surface area (Å²) < 4.78 is 1.48. The summed E-state index contributed by atoms with van der Waals surface area (Å²) in [4.78, 5) is 10.5. The average Bonchev–Trinajstić information content (AvgIpc) is 2.70. The second-order valence-electron chi connectivity index (χ2n) is 5.30. The highest BCUT2D eigenvalue weighted by Gasteiger charge is 2.21. The van der Waals surface area contributed by atoms with E-state index in [1.54, 1.807) is 7.05 Å². The van der Waals surface area contributed by atoms with Gasteiger partial charge in [-0.1, -0.05) is 19.8 Å². The van der Waals surface area contributed by atoms with Gasteiger partial charge in [0.05, 0.1) is 4.92 Å². The number of hydrogen-bond donors (Lipinski definition) is 1. The molecule has 1 aliphatic carbocycles. The van der Waals surface area contributed by atoms with Crippen LogP contribution in [-0.2, 0) is 7.05 Å². The molecular weight excluding hydrogens is 232 g/mol. The van der Waals surface area contributed by atoms with Crippen molar-refractivity contribution in [3.8, 4) is 0 Å². The van der Waals surface area contributed by atoms with E-state index in [1.165, 1.54) is 36.6 Å². The van der Waals surface area contributed by atoms with Gasteiger partial charge in [0.25, 0.3) is 0 Å². The first-order chi connectivity index (χ1) is 8.56. The summed E-state index contributed by atoms with van der Waals surface area (Å²) in [6.07, 6.45) is 6.36. The first kappa shape index (κ1) is 12.9. The molecule has 18 heavy (non-hydrogen) atoms. The highest BCUT2D eigenvalue weighted by atomic mass is 16.6. The van der Waals surface area contributed by atoms with E-state index in [0.29, 0.717) is 11.7 Å². The summed E-state index contributed by atoms with van der Waals surface area (Å²) >= 11 is 0. The molecule has 1 heterocycles. The van der Waals surface area contributed by atoms with E-state index in [-0.39, 0.29) is 5.69 Å². The minimum absolute atomic E-state index is 0.0571. The van der Waals surface area contributed by atoms with Crippen molar-refractivity contribution in [2.24, 2.45) is 18.9 Å². The van der Waals surface area contributed by atoms with Crippen LogP contribution in [0.2, 0.25) is 0 Å². The first-order valence-electron chi connectivity index (χ1n) is 6.48. The second-order valence-corrected chi connectivity index (χ2v) is 5.30. The van der Waals surface area contributed by atoms with Crippen molar-refractivity contribution >= 4 is 11.5 Å². The van der Waals surface area contributed by atoms with Gasteiger partial charge in [0.1, 0.15) is 6.20 Å². The van der Waals surface area contributed by atoms with Crippen LogP contribution in [0.5, 0.6) is 0 Å². The number of nitro groups is 1. The molecule has 0 amide bonds. The van der Waals surface area contributed by atoms with Crippen LogP contribution in [0, 0.1) is 22.0 Å². The zero-order valence-electron chi connectivity index (χ0n) is 10.9. The largest absolute Gasteiger partial charge is 0.363 e. The van der Waals surface area contributed by atoms with Gasteiger partial charge in [0.15, 0.2) is 0 Å². The summed E-state index contributed by atoms with van der Waals surface area (Å²) in [7, 11) is 1.69. The number of anilines is 1. The third-order valence-corrected chi connectivity index (χ3v) is 3.70. The highest BCUT2D eigenvalue weighted by Crippen LogP contribution is 2.29. The van der Waals surface area contributed by atoms with Crippen molar-refractivity contribution in [3.63, 3.8) is 0 Å². The van der Waals surface area contributed by atoms with Crippen LogP contribution < -0.4 is 5.32 Å². The third kappa shape index (κ3) is 3.00. The van der Waals surface area contributed by atoms with E-state index in [9.17, 15) is 10.1 Å². The lowest BCUT2D eigenvalue weighted by atomic mass is 9.83. The molecule has 0 spiro atoms. The molecular formula is C12H20N4O2. The van der Waals surface area contributed by atoms with E-state index >= 15 is 0 Å². The van der Waals surface area contributed by atoms with Crippen LogP contribution in [0.4, 0.5) is 11.5 Å². The van der Waals surface area contributed by atoms with Crippen LogP contribution >= 0.6 is 0 Å². The van der Waals surface area contributed by atoms with Gasteiger partial charge in [-0.3, -0.25) is 14.8 Å². The van der Waals surface area contributed by atoms with Crippen molar-refractivity contribution in [2.75, 3.05) is 11.9 Å². The molecule has 1 aliphatic rings. The lowest BCUT2D eigenvalue weighted by molar-refractivity contribution is -0.384. The fraction of sp³-hybridized carbons (Fsp3) is 0.750. The van der Waals surface area contributed by atoms with Gasteiger partial charge in [0, 0.05) is 13.6 Å². The summed E-state index contributed by atoms with van der Waals surface area (Å²) in [6.45, 7) is 3.07. The van der Waals surface area contributed by atoms with Crippen molar-refractivity contribution in [3.05, 3.63) is 16.3 Å². The second kappa shape index (κ2) is 5.37. The van der Waals surface area contributed by atoms with Gasteiger partial charge < -0.3 is 5.32 Å². The fourth-order valence-electron chi connectivity index (χ4n) is 2.51. The van der Waals surface area contributed by atoms with Crippen LogP contribution in [0.25, 0.3) is 0 Å². The summed E-state index contributed by atoms with van der Waals surface area (Å²) in [6, 6.07) is 0. The van der Waals surface area contributed by atoms with Crippen molar-refractivity contribution in [2.45, 2.75) is 32.6 Å². The molecule has 6 heteroatoms. The highest BCUT2D eigenvalue weighted by molar-refractivity contribution is 5.54. The third-order valence-electron chi connectivity index (χ3n) is 3.70. The van der Waals surface area contributed by atoms with Crippen LogP contribution in [0.3, 0.4) is 0 Å². The molecule has 0 aliphatic heterocycles. The smallest absolute Gasteiger partial charge is 0.330 e. The standard InChI is InChI=1S/C12H20N4O2/c1-9-3-5-10(6-4-9)7-13-12-11(16(17)18)8-15(2)14-12/h8-10H,3-7H2,1-2H3,(H,13,14). The Kier molecular flexibility index (Phi) is 3.84. The van der Waals surface area contributed by atoms with Gasteiger partial charge >= 0.3 is 5.69 Å². The molecule has 100 valence electrons. The first-order valence-corrected chi connectivity index (χ1v) is 6.48. The number of aryl methyl sites for hydroxylation is 1. The van der Waals surface area contributed by atoms with E-state index in [0.717, 1.165) is 12.5 Å². The molecule has 0 bridgehead atoms. The Labute approximate surface area is 107 Å². The Morgan fingerprint density at radius 1 is 1.50 bits per heavy atom. The monoisotopic (exact) mass is 252 g/mol. The Balaban J connectivity index is 1.92. The Morgan fingerprint density at radius 2 is 2.17 bits per heavy atom. The van der Waals surface area contributed by atoms with E-state index in [2.05, 4.69) is 17.3 Å². The zero-order valence-corrected chi connectivity index (χ0v) is 10.9. The molecule has 6 nitrogen and oxygen atoms in total. The topological polar surface area (TPSA) is 73.0 Å². The quantitative estimate of drug-likeness (QED) is 0.660.